The average molecular weight is 367 g/mol. The van der Waals surface area contributed by atoms with Crippen LogP contribution in [-0.4, -0.2) is 18.6 Å². The second kappa shape index (κ2) is 7.03. The van der Waals surface area contributed by atoms with E-state index in [-0.39, 0.29) is 5.41 Å². The topological polar surface area (TPSA) is 24.9 Å². The molecule has 1 aromatic carbocycles. The van der Waals surface area contributed by atoms with Crippen LogP contribution in [0.5, 0.6) is 0 Å². The minimum atomic E-state index is 0.128. The summed E-state index contributed by atoms with van der Waals surface area (Å²) in [7, 11) is 2.01. The fourth-order valence-corrected chi connectivity index (χ4v) is 3.79. The first-order valence-corrected chi connectivity index (χ1v) is 8.92. The summed E-state index contributed by atoms with van der Waals surface area (Å²) in [4.78, 5) is 4.83. The first kappa shape index (κ1) is 16.7. The van der Waals surface area contributed by atoms with E-state index in [4.69, 9.17) is 4.98 Å². The van der Waals surface area contributed by atoms with Gasteiger partial charge >= 0.3 is 0 Å². The van der Waals surface area contributed by atoms with Crippen molar-refractivity contribution >= 4 is 27.3 Å². The minimum absolute atomic E-state index is 0.128. The summed E-state index contributed by atoms with van der Waals surface area (Å²) in [6.45, 7) is 7.60. The summed E-state index contributed by atoms with van der Waals surface area (Å²) < 4.78 is 1.13. The van der Waals surface area contributed by atoms with Crippen LogP contribution in [0.25, 0.3) is 0 Å². The lowest BCUT2D eigenvalue weighted by molar-refractivity contribution is 0.566. The molecular formula is C17H23BrN2S. The second-order valence-corrected chi connectivity index (χ2v) is 8.25. The molecule has 1 unspecified atom stereocenters. The highest BCUT2D eigenvalue weighted by Crippen LogP contribution is 2.28. The normalized spacial score (nSPS) is 13.4. The Morgan fingerprint density at radius 1 is 1.33 bits per heavy atom. The van der Waals surface area contributed by atoms with Gasteiger partial charge < -0.3 is 5.32 Å². The van der Waals surface area contributed by atoms with Crippen molar-refractivity contribution in [2.24, 2.45) is 0 Å². The fourth-order valence-electron chi connectivity index (χ4n) is 2.27. The zero-order valence-corrected chi connectivity index (χ0v) is 15.5. The monoisotopic (exact) mass is 366 g/mol. The predicted octanol–water partition coefficient (Wildman–Crippen LogP) is 4.75. The third-order valence-electron chi connectivity index (χ3n) is 3.51. The van der Waals surface area contributed by atoms with E-state index in [1.165, 1.54) is 16.3 Å². The number of halogens is 1. The van der Waals surface area contributed by atoms with Gasteiger partial charge in [-0.3, -0.25) is 0 Å². The van der Waals surface area contributed by atoms with E-state index < -0.39 is 0 Å². The first-order valence-electron chi connectivity index (χ1n) is 7.25. The molecule has 0 aliphatic carbocycles. The molecule has 2 rings (SSSR count). The first-order chi connectivity index (χ1) is 9.90. The van der Waals surface area contributed by atoms with E-state index in [0.29, 0.717) is 5.92 Å². The van der Waals surface area contributed by atoms with Crippen molar-refractivity contribution in [3.63, 3.8) is 0 Å². The Morgan fingerprint density at radius 2 is 2.10 bits per heavy atom. The van der Waals surface area contributed by atoms with Crippen LogP contribution in [0.1, 0.15) is 43.0 Å². The summed E-state index contributed by atoms with van der Waals surface area (Å²) in [5.41, 5.74) is 2.68. The molecule has 2 aromatic rings. The third-order valence-corrected chi connectivity index (χ3v) is 4.88. The van der Waals surface area contributed by atoms with Gasteiger partial charge in [0.1, 0.15) is 0 Å². The zero-order valence-electron chi connectivity index (χ0n) is 13.1. The number of likely N-dealkylation sites (N-methyl/N-ethyl adjacent to an activating group) is 1. The summed E-state index contributed by atoms with van der Waals surface area (Å²) in [5.74, 6) is 0.450. The molecule has 1 atom stereocenters. The maximum Gasteiger partial charge on any atom is 0.0935 e. The molecule has 2 nitrogen and oxygen atoms in total. The summed E-state index contributed by atoms with van der Waals surface area (Å²) >= 11 is 5.34. The van der Waals surface area contributed by atoms with Crippen LogP contribution in [0.2, 0.25) is 0 Å². The number of aromatic nitrogens is 1. The molecule has 114 valence electrons. The van der Waals surface area contributed by atoms with E-state index in [1.54, 1.807) is 11.3 Å². The largest absolute Gasteiger partial charge is 0.319 e. The van der Waals surface area contributed by atoms with Crippen LogP contribution in [0.15, 0.2) is 34.1 Å². The Kier molecular flexibility index (Phi) is 5.58. The van der Waals surface area contributed by atoms with E-state index in [0.717, 1.165) is 17.4 Å². The van der Waals surface area contributed by atoms with Crippen LogP contribution in [0.3, 0.4) is 0 Å². The SMILES string of the molecule is CNCC(Cc1nc(C(C)(C)C)cs1)c1cccc(Br)c1. The Hall–Kier alpha value is -0.710. The van der Waals surface area contributed by atoms with Crippen LogP contribution in [0, 0.1) is 0 Å². The highest BCUT2D eigenvalue weighted by atomic mass is 79.9. The van der Waals surface area contributed by atoms with Gasteiger partial charge in [-0.2, -0.15) is 0 Å². The highest BCUT2D eigenvalue weighted by Gasteiger charge is 2.19. The summed E-state index contributed by atoms with van der Waals surface area (Å²) in [6, 6.07) is 8.58. The predicted molar refractivity (Wildman–Crippen MR) is 95.3 cm³/mol. The number of hydrogen-bond acceptors (Lipinski definition) is 3. The third kappa shape index (κ3) is 4.63. The molecule has 0 radical (unpaired) electrons. The smallest absolute Gasteiger partial charge is 0.0935 e. The van der Waals surface area contributed by atoms with Gasteiger partial charge in [-0.1, -0.05) is 48.8 Å². The number of nitrogens with one attached hydrogen (secondary N) is 1. The molecule has 0 amide bonds. The van der Waals surface area contributed by atoms with E-state index in [9.17, 15) is 0 Å². The maximum atomic E-state index is 4.83. The lowest BCUT2D eigenvalue weighted by Crippen LogP contribution is -2.19. The van der Waals surface area contributed by atoms with E-state index >= 15 is 0 Å². The second-order valence-electron chi connectivity index (χ2n) is 6.39. The quantitative estimate of drug-likeness (QED) is 0.825. The van der Waals surface area contributed by atoms with Crippen molar-refractivity contribution in [2.45, 2.75) is 38.5 Å². The molecule has 1 N–H and O–H groups in total. The van der Waals surface area contributed by atoms with Crippen LogP contribution >= 0.6 is 27.3 Å². The van der Waals surface area contributed by atoms with Gasteiger partial charge in [-0.05, 0) is 24.7 Å². The Bertz CT molecular complexity index is 586. The van der Waals surface area contributed by atoms with Gasteiger partial charge in [0.05, 0.1) is 10.7 Å². The van der Waals surface area contributed by atoms with Gasteiger partial charge in [-0.15, -0.1) is 11.3 Å². The zero-order chi connectivity index (χ0) is 15.5. The number of thiazole rings is 1. The van der Waals surface area contributed by atoms with Crippen LogP contribution < -0.4 is 5.32 Å². The molecule has 0 aliphatic rings. The Balaban J connectivity index is 2.18. The van der Waals surface area contributed by atoms with E-state index in [1.807, 2.05) is 7.05 Å². The molecule has 21 heavy (non-hydrogen) atoms. The van der Waals surface area contributed by atoms with Gasteiger partial charge in [0.2, 0.25) is 0 Å². The maximum absolute atomic E-state index is 4.83. The molecule has 0 fully saturated rings. The van der Waals surface area contributed by atoms with Crippen molar-refractivity contribution < 1.29 is 0 Å². The van der Waals surface area contributed by atoms with Crippen molar-refractivity contribution in [1.82, 2.24) is 10.3 Å². The van der Waals surface area contributed by atoms with Crippen molar-refractivity contribution in [3.8, 4) is 0 Å². The standard InChI is InChI=1S/C17H23BrN2S/c1-17(2,3)15-11-21-16(20-15)9-13(10-19-4)12-6-5-7-14(18)8-12/h5-8,11,13,19H,9-10H2,1-4H3. The number of rotatable bonds is 5. The molecule has 0 bridgehead atoms. The van der Waals surface area contributed by atoms with Gasteiger partial charge in [0.15, 0.2) is 0 Å². The number of nitrogens with zero attached hydrogens (tertiary/aromatic N) is 1. The van der Waals surface area contributed by atoms with Crippen LogP contribution in [-0.2, 0) is 11.8 Å². The van der Waals surface area contributed by atoms with Gasteiger partial charge in [0.25, 0.3) is 0 Å². The molecule has 0 aliphatic heterocycles. The molecule has 1 heterocycles. The number of hydrogen-bond donors (Lipinski definition) is 1. The molecule has 0 spiro atoms. The Morgan fingerprint density at radius 3 is 2.67 bits per heavy atom. The van der Waals surface area contributed by atoms with E-state index in [2.05, 4.69) is 71.7 Å². The molecule has 0 saturated heterocycles. The molecule has 4 heteroatoms. The van der Waals surface area contributed by atoms with Crippen molar-refractivity contribution in [3.05, 3.63) is 50.4 Å². The minimum Gasteiger partial charge on any atom is -0.319 e. The van der Waals surface area contributed by atoms with Gasteiger partial charge in [-0.25, -0.2) is 4.98 Å². The van der Waals surface area contributed by atoms with Crippen molar-refractivity contribution in [1.29, 1.82) is 0 Å². The lowest BCUT2D eigenvalue weighted by Gasteiger charge is -2.17. The van der Waals surface area contributed by atoms with Crippen LogP contribution in [0.4, 0.5) is 0 Å². The Labute approximate surface area is 140 Å². The molecule has 0 saturated carbocycles. The van der Waals surface area contributed by atoms with Crippen molar-refractivity contribution in [2.75, 3.05) is 13.6 Å². The summed E-state index contributed by atoms with van der Waals surface area (Å²) in [5, 5.41) is 6.73. The molecular weight excluding hydrogens is 344 g/mol. The number of benzene rings is 1. The average Bonchev–Trinajstić information content (AvgIpc) is 2.87. The molecule has 1 aromatic heterocycles. The highest BCUT2D eigenvalue weighted by molar-refractivity contribution is 9.10. The van der Waals surface area contributed by atoms with Gasteiger partial charge in [0, 0.05) is 34.2 Å². The summed E-state index contributed by atoms with van der Waals surface area (Å²) in [6.07, 6.45) is 0.984. The lowest BCUT2D eigenvalue weighted by atomic mass is 9.93. The fraction of sp³-hybridized carbons (Fsp3) is 0.471.